The van der Waals surface area contributed by atoms with Crippen LogP contribution in [-0.4, -0.2) is 11.1 Å². The predicted octanol–water partition coefficient (Wildman–Crippen LogP) is 4.07. The lowest BCUT2D eigenvalue weighted by molar-refractivity contribution is 0.0696. The first-order valence-electron chi connectivity index (χ1n) is 6.30. The summed E-state index contributed by atoms with van der Waals surface area (Å²) in [6, 6.07) is 3.71. The standard InChI is InChI=1S/C16H20O2/c1-9-11(3)16(4,5)8-12-6-7-13(15(17)18)10(2)14(9)12/h6-7H,8H2,1-5H3,(H,17,18). The van der Waals surface area contributed by atoms with Crippen LogP contribution in [-0.2, 0) is 6.42 Å². The molecule has 96 valence electrons. The maximum atomic E-state index is 11.2. The van der Waals surface area contributed by atoms with E-state index in [9.17, 15) is 9.90 Å². The SMILES string of the molecule is CC1=C(C)C(C)(C)Cc2ccc(C(=O)O)c(C)c21. The van der Waals surface area contributed by atoms with Gasteiger partial charge in [-0.3, -0.25) is 0 Å². The highest BCUT2D eigenvalue weighted by atomic mass is 16.4. The molecule has 1 N–H and O–H groups in total. The van der Waals surface area contributed by atoms with E-state index in [1.807, 2.05) is 13.0 Å². The molecule has 0 bridgehead atoms. The number of carboxylic acids is 1. The van der Waals surface area contributed by atoms with E-state index in [2.05, 4.69) is 27.7 Å². The quantitative estimate of drug-likeness (QED) is 0.808. The van der Waals surface area contributed by atoms with Gasteiger partial charge in [0.1, 0.15) is 0 Å². The van der Waals surface area contributed by atoms with Gasteiger partial charge in [-0.05, 0) is 60.9 Å². The molecule has 0 aliphatic heterocycles. The van der Waals surface area contributed by atoms with Crippen LogP contribution in [0.3, 0.4) is 0 Å². The van der Waals surface area contributed by atoms with Gasteiger partial charge >= 0.3 is 5.97 Å². The van der Waals surface area contributed by atoms with Crippen molar-refractivity contribution in [1.82, 2.24) is 0 Å². The van der Waals surface area contributed by atoms with E-state index in [1.54, 1.807) is 6.07 Å². The topological polar surface area (TPSA) is 37.3 Å². The predicted molar refractivity (Wildman–Crippen MR) is 73.9 cm³/mol. The number of carboxylic acid groups (broad SMARTS) is 1. The van der Waals surface area contributed by atoms with Crippen LogP contribution >= 0.6 is 0 Å². The second kappa shape index (κ2) is 3.98. The maximum Gasteiger partial charge on any atom is 0.335 e. The smallest absolute Gasteiger partial charge is 0.335 e. The fourth-order valence-electron chi connectivity index (χ4n) is 2.97. The average molecular weight is 244 g/mol. The van der Waals surface area contributed by atoms with Gasteiger partial charge in [0.2, 0.25) is 0 Å². The molecule has 0 saturated carbocycles. The molecule has 0 atom stereocenters. The summed E-state index contributed by atoms with van der Waals surface area (Å²) in [6.07, 6.45) is 0.978. The lowest BCUT2D eigenvalue weighted by Gasteiger charge is -2.35. The minimum atomic E-state index is -0.842. The largest absolute Gasteiger partial charge is 0.478 e. The highest BCUT2D eigenvalue weighted by molar-refractivity contribution is 5.92. The molecule has 1 aromatic carbocycles. The Bertz CT molecular complexity index is 563. The Morgan fingerprint density at radius 3 is 2.39 bits per heavy atom. The number of allylic oxidation sites excluding steroid dienone is 2. The lowest BCUT2D eigenvalue weighted by Crippen LogP contribution is -2.23. The minimum Gasteiger partial charge on any atom is -0.478 e. The van der Waals surface area contributed by atoms with Crippen LogP contribution in [0, 0.1) is 12.3 Å². The zero-order valence-corrected chi connectivity index (χ0v) is 11.7. The Morgan fingerprint density at radius 1 is 1.22 bits per heavy atom. The number of rotatable bonds is 1. The van der Waals surface area contributed by atoms with Gasteiger partial charge in [-0.15, -0.1) is 0 Å². The third kappa shape index (κ3) is 1.76. The van der Waals surface area contributed by atoms with Gasteiger partial charge in [0, 0.05) is 0 Å². The summed E-state index contributed by atoms with van der Waals surface area (Å²) in [5.74, 6) is -0.842. The first-order valence-corrected chi connectivity index (χ1v) is 6.30. The van der Waals surface area contributed by atoms with Crippen molar-refractivity contribution in [3.63, 3.8) is 0 Å². The summed E-state index contributed by atoms with van der Waals surface area (Å²) in [5, 5.41) is 9.21. The van der Waals surface area contributed by atoms with Crippen molar-refractivity contribution >= 4 is 11.5 Å². The third-order valence-corrected chi connectivity index (χ3v) is 4.37. The number of hydrogen-bond acceptors (Lipinski definition) is 1. The van der Waals surface area contributed by atoms with Gasteiger partial charge < -0.3 is 5.11 Å². The molecule has 1 aromatic rings. The molecule has 0 spiro atoms. The van der Waals surface area contributed by atoms with Gasteiger partial charge in [-0.25, -0.2) is 4.79 Å². The van der Waals surface area contributed by atoms with E-state index in [0.29, 0.717) is 5.56 Å². The molecule has 1 aliphatic carbocycles. The molecule has 0 unspecified atom stereocenters. The average Bonchev–Trinajstić information content (AvgIpc) is 2.25. The first kappa shape index (κ1) is 12.9. The number of aromatic carboxylic acids is 1. The normalized spacial score (nSPS) is 17.6. The molecule has 0 aromatic heterocycles. The van der Waals surface area contributed by atoms with Crippen LogP contribution in [0.25, 0.3) is 5.57 Å². The second-order valence-corrected chi connectivity index (χ2v) is 5.89. The number of carbonyl (C=O) groups is 1. The van der Waals surface area contributed by atoms with E-state index in [1.165, 1.54) is 16.7 Å². The van der Waals surface area contributed by atoms with E-state index < -0.39 is 5.97 Å². The molecule has 0 saturated heterocycles. The lowest BCUT2D eigenvalue weighted by atomic mass is 9.69. The van der Waals surface area contributed by atoms with Crippen LogP contribution in [0.4, 0.5) is 0 Å². The van der Waals surface area contributed by atoms with E-state index in [-0.39, 0.29) is 5.41 Å². The Labute approximate surface area is 108 Å². The molecule has 2 rings (SSSR count). The monoisotopic (exact) mass is 244 g/mol. The Hall–Kier alpha value is -1.57. The van der Waals surface area contributed by atoms with Crippen molar-refractivity contribution in [3.8, 4) is 0 Å². The van der Waals surface area contributed by atoms with E-state index >= 15 is 0 Å². The van der Waals surface area contributed by atoms with Gasteiger partial charge in [0.05, 0.1) is 5.56 Å². The van der Waals surface area contributed by atoms with E-state index in [0.717, 1.165) is 17.5 Å². The molecule has 18 heavy (non-hydrogen) atoms. The molecule has 0 fully saturated rings. The minimum absolute atomic E-state index is 0.161. The van der Waals surface area contributed by atoms with Gasteiger partial charge in [0.15, 0.2) is 0 Å². The summed E-state index contributed by atoms with van der Waals surface area (Å²) in [7, 11) is 0. The molecule has 0 amide bonds. The summed E-state index contributed by atoms with van der Waals surface area (Å²) in [6.45, 7) is 10.7. The first-order chi connectivity index (χ1) is 8.25. The van der Waals surface area contributed by atoms with Gasteiger partial charge in [-0.1, -0.05) is 25.5 Å². The van der Waals surface area contributed by atoms with Crippen molar-refractivity contribution in [3.05, 3.63) is 40.0 Å². The Morgan fingerprint density at radius 2 is 1.83 bits per heavy atom. The molecule has 0 heterocycles. The third-order valence-electron chi connectivity index (χ3n) is 4.37. The van der Waals surface area contributed by atoms with Crippen LogP contribution in [0.1, 0.15) is 54.7 Å². The summed E-state index contributed by atoms with van der Waals surface area (Å²) in [4.78, 5) is 11.2. The van der Waals surface area contributed by atoms with Crippen molar-refractivity contribution in [2.24, 2.45) is 5.41 Å². The van der Waals surface area contributed by atoms with Crippen LogP contribution in [0.15, 0.2) is 17.7 Å². The van der Waals surface area contributed by atoms with E-state index in [4.69, 9.17) is 0 Å². The van der Waals surface area contributed by atoms with Crippen LogP contribution < -0.4 is 0 Å². The Kier molecular flexibility index (Phi) is 2.84. The summed E-state index contributed by atoms with van der Waals surface area (Å²) < 4.78 is 0. The Balaban J connectivity index is 2.74. The molecular weight excluding hydrogens is 224 g/mol. The molecule has 0 radical (unpaired) electrons. The van der Waals surface area contributed by atoms with Crippen molar-refractivity contribution in [2.45, 2.75) is 41.0 Å². The van der Waals surface area contributed by atoms with Gasteiger partial charge in [-0.2, -0.15) is 0 Å². The zero-order valence-electron chi connectivity index (χ0n) is 11.7. The van der Waals surface area contributed by atoms with Crippen LogP contribution in [0.2, 0.25) is 0 Å². The summed E-state index contributed by atoms with van der Waals surface area (Å²) >= 11 is 0. The maximum absolute atomic E-state index is 11.2. The van der Waals surface area contributed by atoms with Crippen molar-refractivity contribution < 1.29 is 9.90 Å². The van der Waals surface area contributed by atoms with Gasteiger partial charge in [0.25, 0.3) is 0 Å². The molecule has 2 heteroatoms. The molecule has 1 aliphatic rings. The molecule has 2 nitrogen and oxygen atoms in total. The molecular formula is C16H20O2. The number of benzene rings is 1. The highest BCUT2D eigenvalue weighted by Crippen LogP contribution is 2.43. The highest BCUT2D eigenvalue weighted by Gasteiger charge is 2.30. The van der Waals surface area contributed by atoms with Crippen molar-refractivity contribution in [1.29, 1.82) is 0 Å². The van der Waals surface area contributed by atoms with Crippen LogP contribution in [0.5, 0.6) is 0 Å². The number of fused-ring (bicyclic) bond motifs is 1. The fraction of sp³-hybridized carbons (Fsp3) is 0.438. The van der Waals surface area contributed by atoms with Crippen molar-refractivity contribution in [2.75, 3.05) is 0 Å². The zero-order chi connectivity index (χ0) is 13.7. The fourth-order valence-corrected chi connectivity index (χ4v) is 2.97. The number of hydrogen-bond donors (Lipinski definition) is 1. The summed E-state index contributed by atoms with van der Waals surface area (Å²) in [5.41, 5.74) is 6.49. The second-order valence-electron chi connectivity index (χ2n) is 5.89.